The highest BCUT2D eigenvalue weighted by molar-refractivity contribution is 5.88. The first-order valence-electron chi connectivity index (χ1n) is 6.05. The number of aromatic nitrogens is 2. The second-order valence-electron chi connectivity index (χ2n) is 4.25. The number of carbonyl (C=O) groups excluding carboxylic acids is 1. The van der Waals surface area contributed by atoms with E-state index in [4.69, 9.17) is 0 Å². The number of anilines is 2. The van der Waals surface area contributed by atoms with Gasteiger partial charge < -0.3 is 10.6 Å². The van der Waals surface area contributed by atoms with E-state index in [1.54, 1.807) is 18.6 Å². The van der Waals surface area contributed by atoms with Crippen LogP contribution >= 0.6 is 0 Å². The van der Waals surface area contributed by atoms with Crippen LogP contribution in [0.15, 0.2) is 42.9 Å². The molecule has 0 spiro atoms. The van der Waals surface area contributed by atoms with E-state index in [1.807, 2.05) is 31.2 Å². The lowest BCUT2D eigenvalue weighted by Crippen LogP contribution is -2.09. The largest absolute Gasteiger partial charge is 0.377 e. The summed E-state index contributed by atoms with van der Waals surface area (Å²) in [6, 6.07) is 7.61. The Morgan fingerprint density at radius 1 is 1.16 bits per heavy atom. The lowest BCUT2D eigenvalue weighted by molar-refractivity contribution is -0.114. The zero-order chi connectivity index (χ0) is 13.7. The van der Waals surface area contributed by atoms with Gasteiger partial charge in [0.25, 0.3) is 0 Å². The summed E-state index contributed by atoms with van der Waals surface area (Å²) in [5, 5.41) is 6.05. The van der Waals surface area contributed by atoms with E-state index in [9.17, 15) is 4.79 Å². The molecule has 2 rings (SSSR count). The molecule has 1 atom stereocenters. The molecule has 1 unspecified atom stereocenters. The van der Waals surface area contributed by atoms with Crippen molar-refractivity contribution in [2.45, 2.75) is 19.9 Å². The second kappa shape index (κ2) is 5.95. The van der Waals surface area contributed by atoms with Crippen LogP contribution < -0.4 is 10.6 Å². The van der Waals surface area contributed by atoms with Gasteiger partial charge in [0.2, 0.25) is 5.91 Å². The molecule has 19 heavy (non-hydrogen) atoms. The van der Waals surface area contributed by atoms with Crippen LogP contribution in [0.1, 0.15) is 25.6 Å². The van der Waals surface area contributed by atoms with E-state index in [1.165, 1.54) is 6.92 Å². The molecule has 0 saturated heterocycles. The molecule has 0 aliphatic heterocycles. The molecular formula is C14H16N4O. The quantitative estimate of drug-likeness (QED) is 0.882. The molecule has 0 fully saturated rings. The minimum atomic E-state index is -0.0753. The Morgan fingerprint density at radius 3 is 2.42 bits per heavy atom. The average molecular weight is 256 g/mol. The molecule has 1 aromatic carbocycles. The van der Waals surface area contributed by atoms with Crippen molar-refractivity contribution < 1.29 is 4.79 Å². The number of benzene rings is 1. The Bertz CT molecular complexity index is 539. The summed E-state index contributed by atoms with van der Waals surface area (Å²) in [6.45, 7) is 3.51. The predicted molar refractivity (Wildman–Crippen MR) is 74.8 cm³/mol. The van der Waals surface area contributed by atoms with Gasteiger partial charge in [-0.1, -0.05) is 0 Å². The maximum absolute atomic E-state index is 10.9. The van der Waals surface area contributed by atoms with Crippen molar-refractivity contribution in [1.29, 1.82) is 0 Å². The Kier molecular flexibility index (Phi) is 4.07. The van der Waals surface area contributed by atoms with Crippen LogP contribution in [0.3, 0.4) is 0 Å². The number of carbonyl (C=O) groups is 1. The van der Waals surface area contributed by atoms with Gasteiger partial charge in [-0.05, 0) is 31.2 Å². The lowest BCUT2D eigenvalue weighted by atomic mass is 10.2. The summed E-state index contributed by atoms with van der Waals surface area (Å²) in [5.74, 6) is -0.0753. The summed E-state index contributed by atoms with van der Waals surface area (Å²) < 4.78 is 0. The van der Waals surface area contributed by atoms with Crippen LogP contribution in [0.4, 0.5) is 11.4 Å². The summed E-state index contributed by atoms with van der Waals surface area (Å²) in [6.07, 6.45) is 5.06. The highest BCUT2D eigenvalue weighted by atomic mass is 16.1. The topological polar surface area (TPSA) is 66.9 Å². The summed E-state index contributed by atoms with van der Waals surface area (Å²) in [5.41, 5.74) is 2.63. The van der Waals surface area contributed by atoms with Gasteiger partial charge in [0.05, 0.1) is 17.9 Å². The van der Waals surface area contributed by atoms with E-state index in [-0.39, 0.29) is 11.9 Å². The smallest absolute Gasteiger partial charge is 0.221 e. The average Bonchev–Trinajstić information content (AvgIpc) is 2.41. The number of rotatable bonds is 4. The molecule has 0 radical (unpaired) electrons. The monoisotopic (exact) mass is 256 g/mol. The van der Waals surface area contributed by atoms with Crippen LogP contribution in [0.2, 0.25) is 0 Å². The zero-order valence-electron chi connectivity index (χ0n) is 10.9. The molecule has 1 heterocycles. The second-order valence-corrected chi connectivity index (χ2v) is 4.25. The lowest BCUT2D eigenvalue weighted by Gasteiger charge is -2.14. The first-order valence-corrected chi connectivity index (χ1v) is 6.05. The number of nitrogens with zero attached hydrogens (tertiary/aromatic N) is 2. The number of hydrogen-bond acceptors (Lipinski definition) is 4. The molecule has 2 aromatic rings. The highest BCUT2D eigenvalue weighted by Crippen LogP contribution is 2.19. The molecule has 0 aliphatic carbocycles. The van der Waals surface area contributed by atoms with Gasteiger partial charge in [0, 0.05) is 30.7 Å². The van der Waals surface area contributed by atoms with Crippen LogP contribution in [0, 0.1) is 0 Å². The molecule has 5 nitrogen and oxygen atoms in total. The maximum Gasteiger partial charge on any atom is 0.221 e. The SMILES string of the molecule is CC(=O)Nc1ccc(NC(C)c2cnccn2)cc1. The van der Waals surface area contributed by atoms with E-state index in [0.717, 1.165) is 17.1 Å². The molecule has 1 aromatic heterocycles. The summed E-state index contributed by atoms with van der Waals surface area (Å²) in [7, 11) is 0. The van der Waals surface area contributed by atoms with Crippen LogP contribution in [0.5, 0.6) is 0 Å². The normalized spacial score (nSPS) is 11.7. The molecule has 5 heteroatoms. The van der Waals surface area contributed by atoms with Crippen molar-refractivity contribution in [1.82, 2.24) is 9.97 Å². The Morgan fingerprint density at radius 2 is 1.84 bits per heavy atom. The van der Waals surface area contributed by atoms with Crippen LogP contribution in [-0.2, 0) is 4.79 Å². The van der Waals surface area contributed by atoms with E-state index < -0.39 is 0 Å². The molecule has 2 N–H and O–H groups in total. The van der Waals surface area contributed by atoms with Gasteiger partial charge in [-0.25, -0.2) is 0 Å². The highest BCUT2D eigenvalue weighted by Gasteiger charge is 2.06. The molecule has 1 amide bonds. The van der Waals surface area contributed by atoms with Gasteiger partial charge in [-0.15, -0.1) is 0 Å². The molecule has 98 valence electrons. The summed E-state index contributed by atoms with van der Waals surface area (Å²) >= 11 is 0. The van der Waals surface area contributed by atoms with Crippen molar-refractivity contribution in [3.8, 4) is 0 Å². The Balaban J connectivity index is 2.01. The molecule has 0 aliphatic rings. The number of hydrogen-bond donors (Lipinski definition) is 2. The molecular weight excluding hydrogens is 240 g/mol. The fourth-order valence-electron chi connectivity index (χ4n) is 1.71. The van der Waals surface area contributed by atoms with Crippen molar-refractivity contribution >= 4 is 17.3 Å². The molecule has 0 saturated carbocycles. The van der Waals surface area contributed by atoms with Gasteiger partial charge in [-0.2, -0.15) is 0 Å². The third-order valence-corrected chi connectivity index (χ3v) is 2.62. The Hall–Kier alpha value is -2.43. The number of amides is 1. The predicted octanol–water partition coefficient (Wildman–Crippen LogP) is 2.61. The summed E-state index contributed by atoms with van der Waals surface area (Å²) in [4.78, 5) is 19.2. The standard InChI is InChI=1S/C14H16N4O/c1-10(14-9-15-7-8-16-14)17-12-3-5-13(6-4-12)18-11(2)19/h3-10,17H,1-2H3,(H,18,19). The zero-order valence-corrected chi connectivity index (χ0v) is 10.9. The number of nitrogens with one attached hydrogen (secondary N) is 2. The van der Waals surface area contributed by atoms with Crippen molar-refractivity contribution in [3.05, 3.63) is 48.5 Å². The minimum absolute atomic E-state index is 0.0697. The van der Waals surface area contributed by atoms with Crippen molar-refractivity contribution in [2.24, 2.45) is 0 Å². The first-order chi connectivity index (χ1) is 9.15. The van der Waals surface area contributed by atoms with Gasteiger partial charge >= 0.3 is 0 Å². The van der Waals surface area contributed by atoms with Gasteiger partial charge in [0.15, 0.2) is 0 Å². The fourth-order valence-corrected chi connectivity index (χ4v) is 1.71. The van der Waals surface area contributed by atoms with E-state index in [0.29, 0.717) is 0 Å². The van der Waals surface area contributed by atoms with Crippen LogP contribution in [-0.4, -0.2) is 15.9 Å². The van der Waals surface area contributed by atoms with Crippen LogP contribution in [0.25, 0.3) is 0 Å². The van der Waals surface area contributed by atoms with Gasteiger partial charge in [0.1, 0.15) is 0 Å². The minimum Gasteiger partial charge on any atom is -0.377 e. The Labute approximate surface area is 112 Å². The van der Waals surface area contributed by atoms with Crippen molar-refractivity contribution in [2.75, 3.05) is 10.6 Å². The molecule has 0 bridgehead atoms. The third kappa shape index (κ3) is 3.77. The van der Waals surface area contributed by atoms with Gasteiger partial charge in [-0.3, -0.25) is 14.8 Å². The fraction of sp³-hybridized carbons (Fsp3) is 0.214. The third-order valence-electron chi connectivity index (χ3n) is 2.62. The van der Waals surface area contributed by atoms with E-state index >= 15 is 0 Å². The first kappa shape index (κ1) is 13.0. The maximum atomic E-state index is 10.9. The van der Waals surface area contributed by atoms with E-state index in [2.05, 4.69) is 20.6 Å². The van der Waals surface area contributed by atoms with Crippen molar-refractivity contribution in [3.63, 3.8) is 0 Å².